The smallest absolute Gasteiger partial charge is 0.306 e. The van der Waals surface area contributed by atoms with Crippen LogP contribution in [0.2, 0.25) is 0 Å². The maximum atomic E-state index is 12.9. The quantitative estimate of drug-likeness (QED) is 0.0261. The van der Waals surface area contributed by atoms with Crippen LogP contribution in [0.1, 0.15) is 297 Å². The van der Waals surface area contributed by atoms with E-state index in [-0.39, 0.29) is 31.1 Å². The van der Waals surface area contributed by atoms with Crippen molar-refractivity contribution in [3.05, 3.63) is 122 Å². The third kappa shape index (κ3) is 62.7. The molecular weight excluding hydrogens is 961 g/mol. The Balaban J connectivity index is 4.27. The first-order chi connectivity index (χ1) is 38.5. The molecule has 0 saturated carbocycles. The average molecular weight is 1080 g/mol. The Labute approximate surface area is 482 Å². The van der Waals surface area contributed by atoms with Gasteiger partial charge in [0.05, 0.1) is 0 Å². The fourth-order valence-electron chi connectivity index (χ4n) is 8.84. The molecule has 444 valence electrons. The molecule has 0 spiro atoms. The summed E-state index contributed by atoms with van der Waals surface area (Å²) in [5, 5.41) is 0. The molecular formula is C72H120O6. The molecule has 0 aliphatic carbocycles. The van der Waals surface area contributed by atoms with Crippen molar-refractivity contribution in [1.29, 1.82) is 0 Å². The maximum absolute atomic E-state index is 12.9. The van der Waals surface area contributed by atoms with Crippen LogP contribution in [0.25, 0.3) is 0 Å². The van der Waals surface area contributed by atoms with Crippen molar-refractivity contribution in [3.63, 3.8) is 0 Å². The lowest BCUT2D eigenvalue weighted by atomic mass is 10.1. The molecule has 0 bridgehead atoms. The van der Waals surface area contributed by atoms with Gasteiger partial charge in [-0.15, -0.1) is 0 Å². The highest BCUT2D eigenvalue weighted by atomic mass is 16.6. The van der Waals surface area contributed by atoms with Gasteiger partial charge in [0.15, 0.2) is 6.10 Å². The zero-order chi connectivity index (χ0) is 56.4. The van der Waals surface area contributed by atoms with E-state index in [0.717, 1.165) is 135 Å². The number of allylic oxidation sites excluding steroid dienone is 20. The average Bonchev–Trinajstić information content (AvgIpc) is 3.44. The van der Waals surface area contributed by atoms with E-state index in [0.29, 0.717) is 19.3 Å². The van der Waals surface area contributed by atoms with Crippen molar-refractivity contribution in [1.82, 2.24) is 0 Å². The molecule has 0 amide bonds. The summed E-state index contributed by atoms with van der Waals surface area (Å²) >= 11 is 0. The van der Waals surface area contributed by atoms with Crippen LogP contribution < -0.4 is 0 Å². The van der Waals surface area contributed by atoms with E-state index >= 15 is 0 Å². The summed E-state index contributed by atoms with van der Waals surface area (Å²) < 4.78 is 16.9. The van der Waals surface area contributed by atoms with E-state index < -0.39 is 6.10 Å². The van der Waals surface area contributed by atoms with Gasteiger partial charge in [0.25, 0.3) is 0 Å². The summed E-state index contributed by atoms with van der Waals surface area (Å²) in [7, 11) is 0. The van der Waals surface area contributed by atoms with Gasteiger partial charge in [0, 0.05) is 19.3 Å². The summed E-state index contributed by atoms with van der Waals surface area (Å²) in [4.78, 5) is 38.2. The second kappa shape index (κ2) is 65.3. The number of rotatable bonds is 58. The van der Waals surface area contributed by atoms with E-state index in [4.69, 9.17) is 14.2 Å². The summed E-state index contributed by atoms with van der Waals surface area (Å²) in [6, 6.07) is 0. The second-order valence-electron chi connectivity index (χ2n) is 21.3. The molecule has 0 N–H and O–H groups in total. The first kappa shape index (κ1) is 73.8. The molecule has 0 aliphatic heterocycles. The van der Waals surface area contributed by atoms with Gasteiger partial charge in [-0.1, -0.05) is 284 Å². The van der Waals surface area contributed by atoms with Gasteiger partial charge in [-0.05, 0) is 116 Å². The molecule has 0 aromatic rings. The van der Waals surface area contributed by atoms with Crippen molar-refractivity contribution in [3.8, 4) is 0 Å². The van der Waals surface area contributed by atoms with E-state index in [1.807, 2.05) is 0 Å². The van der Waals surface area contributed by atoms with Gasteiger partial charge in [0.2, 0.25) is 0 Å². The molecule has 1 atom stereocenters. The van der Waals surface area contributed by atoms with Crippen LogP contribution in [0.4, 0.5) is 0 Å². The van der Waals surface area contributed by atoms with Gasteiger partial charge in [-0.3, -0.25) is 14.4 Å². The minimum atomic E-state index is -0.789. The van der Waals surface area contributed by atoms with E-state index in [2.05, 4.69) is 142 Å². The highest BCUT2D eigenvalue weighted by Gasteiger charge is 2.19. The Morgan fingerprint density at radius 3 is 0.795 bits per heavy atom. The van der Waals surface area contributed by atoms with E-state index in [1.54, 1.807) is 0 Å². The van der Waals surface area contributed by atoms with Crippen molar-refractivity contribution < 1.29 is 28.6 Å². The Morgan fingerprint density at radius 2 is 0.500 bits per heavy atom. The van der Waals surface area contributed by atoms with Gasteiger partial charge in [0.1, 0.15) is 13.2 Å². The second-order valence-corrected chi connectivity index (χ2v) is 21.3. The van der Waals surface area contributed by atoms with Crippen LogP contribution in [0.5, 0.6) is 0 Å². The molecule has 0 saturated heterocycles. The van der Waals surface area contributed by atoms with Crippen LogP contribution in [0.3, 0.4) is 0 Å². The highest BCUT2D eigenvalue weighted by molar-refractivity contribution is 5.71. The number of unbranched alkanes of at least 4 members (excludes halogenated alkanes) is 27. The highest BCUT2D eigenvalue weighted by Crippen LogP contribution is 2.15. The molecule has 78 heavy (non-hydrogen) atoms. The summed E-state index contributed by atoms with van der Waals surface area (Å²) in [6.45, 7) is 6.50. The number of hydrogen-bond donors (Lipinski definition) is 0. The number of esters is 3. The standard InChI is InChI=1S/C72H120O6/c1-4-7-10-13-16-19-22-24-26-28-29-30-31-32-33-34-35-36-37-38-39-40-41-42-43-45-46-48-50-53-56-59-62-65-71(74)77-68-69(67-76-70(73)64-61-58-55-52-21-18-15-12-9-6-3)78-72(75)66-63-60-57-54-51-49-47-44-27-25-23-20-17-14-11-8-5-2/h7,10,16,19,24-27,29-30,32-33,35-36,38-39,41-42,45-46,69H,4-6,8-9,11-15,17-18,20-23,28,31,34,37,40,43-44,47-68H2,1-3H3/b10-7-,19-16-,26-24-,27-25-,30-29-,33-32-,36-35-,39-38-,42-41-,46-45-. The molecule has 0 rings (SSSR count). The summed E-state index contributed by atoms with van der Waals surface area (Å²) in [5.41, 5.74) is 0. The number of carbonyl (C=O) groups excluding carboxylic acids is 3. The van der Waals surface area contributed by atoms with Crippen molar-refractivity contribution in [2.75, 3.05) is 13.2 Å². The largest absolute Gasteiger partial charge is 0.462 e. The Kier molecular flexibility index (Phi) is 61.8. The molecule has 0 heterocycles. The number of hydrogen-bond acceptors (Lipinski definition) is 6. The van der Waals surface area contributed by atoms with Crippen LogP contribution in [-0.2, 0) is 28.6 Å². The van der Waals surface area contributed by atoms with Crippen LogP contribution in [0, 0.1) is 0 Å². The fourth-order valence-corrected chi connectivity index (χ4v) is 8.84. The van der Waals surface area contributed by atoms with Gasteiger partial charge < -0.3 is 14.2 Å². The minimum absolute atomic E-state index is 0.0851. The minimum Gasteiger partial charge on any atom is -0.462 e. The van der Waals surface area contributed by atoms with Gasteiger partial charge in [-0.2, -0.15) is 0 Å². The predicted octanol–water partition coefficient (Wildman–Crippen LogP) is 22.4. The van der Waals surface area contributed by atoms with Gasteiger partial charge in [-0.25, -0.2) is 0 Å². The van der Waals surface area contributed by atoms with E-state index in [1.165, 1.54) is 122 Å². The van der Waals surface area contributed by atoms with Crippen molar-refractivity contribution >= 4 is 17.9 Å². The third-order valence-corrected chi connectivity index (χ3v) is 13.7. The lowest BCUT2D eigenvalue weighted by Crippen LogP contribution is -2.30. The Hall–Kier alpha value is -4.19. The van der Waals surface area contributed by atoms with Crippen molar-refractivity contribution in [2.45, 2.75) is 303 Å². The fraction of sp³-hybridized carbons (Fsp3) is 0.681. The molecule has 0 aromatic carbocycles. The molecule has 0 aliphatic rings. The SMILES string of the molecule is CC/C=C\C/C=C\C/C=C\C/C=C\C/C=C\C/C=C\C/C=C\C/C=C\C/C=C\CCCCCCCC(=O)OCC(COC(=O)CCCCCCCCCCCC)OC(=O)CCCCCCCCC/C=C\CCCCCCCC. The van der Waals surface area contributed by atoms with Crippen molar-refractivity contribution in [2.24, 2.45) is 0 Å². The zero-order valence-electron chi connectivity index (χ0n) is 50.9. The summed E-state index contributed by atoms with van der Waals surface area (Å²) in [6.07, 6.45) is 90.7. The number of carbonyl (C=O) groups is 3. The lowest BCUT2D eigenvalue weighted by Gasteiger charge is -2.18. The first-order valence-electron chi connectivity index (χ1n) is 32.5. The molecule has 1 unspecified atom stereocenters. The molecule has 6 nitrogen and oxygen atoms in total. The normalized spacial score (nSPS) is 12.9. The third-order valence-electron chi connectivity index (χ3n) is 13.7. The molecule has 0 fully saturated rings. The summed E-state index contributed by atoms with van der Waals surface area (Å²) in [5.74, 6) is -0.906. The van der Waals surface area contributed by atoms with Gasteiger partial charge >= 0.3 is 17.9 Å². The monoisotopic (exact) mass is 1080 g/mol. The Morgan fingerprint density at radius 1 is 0.269 bits per heavy atom. The first-order valence-corrected chi connectivity index (χ1v) is 32.5. The van der Waals surface area contributed by atoms with Crippen LogP contribution >= 0.6 is 0 Å². The Bertz CT molecular complexity index is 1620. The lowest BCUT2D eigenvalue weighted by molar-refractivity contribution is -0.167. The number of ether oxygens (including phenoxy) is 3. The molecule has 0 radical (unpaired) electrons. The van der Waals surface area contributed by atoms with Crippen LogP contribution in [-0.4, -0.2) is 37.2 Å². The molecule has 6 heteroatoms. The topological polar surface area (TPSA) is 78.9 Å². The molecule has 0 aromatic heterocycles. The van der Waals surface area contributed by atoms with Crippen LogP contribution in [0.15, 0.2) is 122 Å². The predicted molar refractivity (Wildman–Crippen MR) is 339 cm³/mol. The maximum Gasteiger partial charge on any atom is 0.306 e. The zero-order valence-corrected chi connectivity index (χ0v) is 50.9. The van der Waals surface area contributed by atoms with E-state index in [9.17, 15) is 14.4 Å².